The smallest absolute Gasteiger partial charge is 0.417 e. The Kier molecular flexibility index (Phi) is 10.6. The van der Waals surface area contributed by atoms with Gasteiger partial charge in [0.2, 0.25) is 5.91 Å². The van der Waals surface area contributed by atoms with Crippen LogP contribution < -0.4 is 0 Å². The minimum atomic E-state index is -0.840. The summed E-state index contributed by atoms with van der Waals surface area (Å²) in [6.07, 6.45) is 0.543. The standard InChI is InChI=1S/C29H42N2O6S/c1-10-22-16-23(19(2)32)31(27(35)37-29(7,8)9)25(22)24(18-38-17-21-14-12-11-13-15-21)30(20(3)33)26(34)36-28(4,5)6/h10-15,22-25H,1,16-18H2,2-9H3/t22-,23-,24+,25+/m1/s1. The lowest BCUT2D eigenvalue weighted by Crippen LogP contribution is -2.60. The second-order valence-electron chi connectivity index (χ2n) is 11.6. The molecule has 210 valence electrons. The van der Waals surface area contributed by atoms with Crippen LogP contribution in [0.1, 0.15) is 67.4 Å². The number of benzene rings is 1. The third-order valence-electron chi connectivity index (χ3n) is 6.02. The van der Waals surface area contributed by atoms with Crippen molar-refractivity contribution in [2.75, 3.05) is 5.75 Å². The Bertz CT molecular complexity index is 1010. The number of carbonyl (C=O) groups excluding carboxylic acids is 4. The van der Waals surface area contributed by atoms with Gasteiger partial charge in [-0.2, -0.15) is 11.8 Å². The molecule has 9 heteroatoms. The first-order valence-electron chi connectivity index (χ1n) is 12.8. The molecule has 4 atom stereocenters. The molecule has 2 rings (SSSR count). The maximum absolute atomic E-state index is 13.5. The fourth-order valence-electron chi connectivity index (χ4n) is 4.56. The molecule has 0 aromatic heterocycles. The van der Waals surface area contributed by atoms with Gasteiger partial charge in [0.05, 0.1) is 18.1 Å². The van der Waals surface area contributed by atoms with Crippen LogP contribution in [-0.2, 0) is 24.8 Å². The SMILES string of the molecule is C=C[C@@H]1C[C@H](C(C)=O)N(C(=O)OC(C)(C)C)[C@@H]1[C@H](CSCc1ccccc1)N(C(C)=O)C(=O)OC(C)(C)C. The Morgan fingerprint density at radius 1 is 1.05 bits per heavy atom. The molecule has 0 unspecified atom stereocenters. The molecule has 1 fully saturated rings. The molecule has 8 nitrogen and oxygen atoms in total. The zero-order valence-corrected chi connectivity index (χ0v) is 24.7. The highest BCUT2D eigenvalue weighted by Gasteiger charge is 2.52. The van der Waals surface area contributed by atoms with E-state index in [1.165, 1.54) is 30.5 Å². The van der Waals surface area contributed by atoms with Crippen molar-refractivity contribution >= 4 is 35.6 Å². The van der Waals surface area contributed by atoms with Crippen molar-refractivity contribution in [2.24, 2.45) is 5.92 Å². The van der Waals surface area contributed by atoms with Gasteiger partial charge in [0, 0.05) is 24.3 Å². The van der Waals surface area contributed by atoms with Gasteiger partial charge in [-0.1, -0.05) is 36.4 Å². The van der Waals surface area contributed by atoms with Crippen molar-refractivity contribution in [2.45, 2.75) is 96.9 Å². The number of ketones is 1. The summed E-state index contributed by atoms with van der Waals surface area (Å²) < 4.78 is 11.3. The number of hydrogen-bond donors (Lipinski definition) is 0. The van der Waals surface area contributed by atoms with E-state index in [0.29, 0.717) is 17.9 Å². The van der Waals surface area contributed by atoms with E-state index in [2.05, 4.69) is 6.58 Å². The largest absolute Gasteiger partial charge is 0.444 e. The molecule has 0 N–H and O–H groups in total. The van der Waals surface area contributed by atoms with E-state index in [4.69, 9.17) is 9.47 Å². The maximum Gasteiger partial charge on any atom is 0.417 e. The van der Waals surface area contributed by atoms with E-state index in [-0.39, 0.29) is 11.7 Å². The molecule has 38 heavy (non-hydrogen) atoms. The molecule has 0 saturated carbocycles. The van der Waals surface area contributed by atoms with Crippen molar-refractivity contribution in [1.29, 1.82) is 0 Å². The van der Waals surface area contributed by atoms with Crippen LogP contribution in [0.5, 0.6) is 0 Å². The summed E-state index contributed by atoms with van der Waals surface area (Å²) in [6, 6.07) is 7.54. The van der Waals surface area contributed by atoms with E-state index in [1.54, 1.807) is 47.6 Å². The molecule has 0 aliphatic carbocycles. The molecule has 0 radical (unpaired) electrons. The van der Waals surface area contributed by atoms with Gasteiger partial charge >= 0.3 is 12.2 Å². The lowest BCUT2D eigenvalue weighted by Gasteiger charge is -2.41. The lowest BCUT2D eigenvalue weighted by molar-refractivity contribution is -0.131. The number of carbonyl (C=O) groups is 4. The lowest BCUT2D eigenvalue weighted by atomic mass is 9.93. The monoisotopic (exact) mass is 546 g/mol. The second-order valence-corrected chi connectivity index (χ2v) is 12.6. The predicted octanol–water partition coefficient (Wildman–Crippen LogP) is 5.84. The van der Waals surface area contributed by atoms with Gasteiger partial charge in [-0.05, 0) is 60.5 Å². The van der Waals surface area contributed by atoms with Gasteiger partial charge in [0.25, 0.3) is 0 Å². The van der Waals surface area contributed by atoms with Gasteiger partial charge in [-0.3, -0.25) is 14.5 Å². The topological polar surface area (TPSA) is 93.2 Å². The van der Waals surface area contributed by atoms with Crippen LogP contribution in [0.4, 0.5) is 9.59 Å². The Balaban J connectivity index is 2.58. The number of likely N-dealkylation sites (tertiary alicyclic amines) is 1. The van der Waals surface area contributed by atoms with Crippen molar-refractivity contribution in [3.8, 4) is 0 Å². The molecule has 1 aromatic carbocycles. The van der Waals surface area contributed by atoms with E-state index in [1.807, 2.05) is 30.3 Å². The van der Waals surface area contributed by atoms with Gasteiger partial charge in [0.1, 0.15) is 11.2 Å². The summed E-state index contributed by atoms with van der Waals surface area (Å²) in [6.45, 7) is 17.1. The van der Waals surface area contributed by atoms with Crippen LogP contribution in [-0.4, -0.2) is 68.8 Å². The molecule has 1 aliphatic rings. The minimum Gasteiger partial charge on any atom is -0.444 e. The molecule has 0 spiro atoms. The Morgan fingerprint density at radius 2 is 1.63 bits per heavy atom. The molecule has 1 heterocycles. The maximum atomic E-state index is 13.5. The van der Waals surface area contributed by atoms with Gasteiger partial charge in [-0.25, -0.2) is 14.5 Å². The first kappa shape index (κ1) is 31.4. The van der Waals surface area contributed by atoms with Crippen molar-refractivity contribution < 1.29 is 28.7 Å². The molecule has 3 amide bonds. The van der Waals surface area contributed by atoms with Crippen molar-refractivity contribution in [3.05, 3.63) is 48.6 Å². The van der Waals surface area contributed by atoms with Crippen LogP contribution >= 0.6 is 11.8 Å². The van der Waals surface area contributed by atoms with Crippen LogP contribution in [0.15, 0.2) is 43.0 Å². The first-order chi connectivity index (χ1) is 17.6. The molecule has 1 aromatic rings. The number of ether oxygens (including phenoxy) is 2. The van der Waals surface area contributed by atoms with Crippen molar-refractivity contribution in [3.63, 3.8) is 0 Å². The molecule has 0 bridgehead atoms. The zero-order valence-electron chi connectivity index (χ0n) is 23.9. The number of thioether (sulfide) groups is 1. The van der Waals surface area contributed by atoms with Crippen LogP contribution in [0.3, 0.4) is 0 Å². The summed E-state index contributed by atoms with van der Waals surface area (Å²) in [5.74, 6) is -0.128. The Morgan fingerprint density at radius 3 is 2.11 bits per heavy atom. The highest BCUT2D eigenvalue weighted by atomic mass is 32.2. The molecular formula is C29H42N2O6S. The number of hydrogen-bond acceptors (Lipinski definition) is 7. The predicted molar refractivity (Wildman–Crippen MR) is 150 cm³/mol. The fourth-order valence-corrected chi connectivity index (χ4v) is 5.70. The normalized spacial score (nSPS) is 20.4. The number of imide groups is 1. The van der Waals surface area contributed by atoms with Crippen LogP contribution in [0.2, 0.25) is 0 Å². The summed E-state index contributed by atoms with van der Waals surface area (Å²) in [5.41, 5.74) is -0.564. The third-order valence-corrected chi connectivity index (χ3v) is 7.14. The summed E-state index contributed by atoms with van der Waals surface area (Å²) in [7, 11) is 0. The number of nitrogens with zero attached hydrogens (tertiary/aromatic N) is 2. The minimum absolute atomic E-state index is 0.201. The first-order valence-corrected chi connectivity index (χ1v) is 14.0. The number of rotatable bonds is 8. The van der Waals surface area contributed by atoms with Crippen LogP contribution in [0, 0.1) is 5.92 Å². The highest BCUT2D eigenvalue weighted by Crippen LogP contribution is 2.38. The fraction of sp³-hybridized carbons (Fsp3) is 0.586. The third kappa shape index (κ3) is 8.61. The van der Waals surface area contributed by atoms with E-state index in [0.717, 1.165) is 10.5 Å². The summed E-state index contributed by atoms with van der Waals surface area (Å²) in [4.78, 5) is 55.1. The van der Waals surface area contributed by atoms with Gasteiger partial charge < -0.3 is 9.47 Å². The summed E-state index contributed by atoms with van der Waals surface area (Å²) >= 11 is 1.53. The van der Waals surface area contributed by atoms with Gasteiger partial charge in [0.15, 0.2) is 5.78 Å². The quantitative estimate of drug-likeness (QED) is 0.378. The second kappa shape index (κ2) is 12.8. The van der Waals surface area contributed by atoms with E-state index in [9.17, 15) is 19.2 Å². The van der Waals surface area contributed by atoms with Crippen LogP contribution in [0.25, 0.3) is 0 Å². The van der Waals surface area contributed by atoms with E-state index >= 15 is 0 Å². The van der Waals surface area contributed by atoms with Crippen molar-refractivity contribution in [1.82, 2.24) is 9.80 Å². The Labute approximate surface area is 231 Å². The zero-order chi connectivity index (χ0) is 28.8. The average Bonchev–Trinajstić information content (AvgIpc) is 3.16. The Hall–Kier alpha value is -2.81. The molecular weight excluding hydrogens is 504 g/mol. The molecule has 1 saturated heterocycles. The molecule has 1 aliphatic heterocycles. The highest BCUT2D eigenvalue weighted by molar-refractivity contribution is 7.98. The summed E-state index contributed by atoms with van der Waals surface area (Å²) in [5, 5.41) is 0. The van der Waals surface area contributed by atoms with E-state index < -0.39 is 47.4 Å². The number of Topliss-reactive ketones (excluding diaryl/α,β-unsaturated/α-hetero) is 1. The average molecular weight is 547 g/mol. The van der Waals surface area contributed by atoms with Gasteiger partial charge in [-0.15, -0.1) is 6.58 Å². The number of amides is 3.